The van der Waals surface area contributed by atoms with Gasteiger partial charge in [-0.3, -0.25) is 0 Å². The summed E-state index contributed by atoms with van der Waals surface area (Å²) in [4.78, 5) is 0. The molecular formula is C16H14BrF3O. The van der Waals surface area contributed by atoms with Crippen molar-refractivity contribution in [3.63, 3.8) is 0 Å². The summed E-state index contributed by atoms with van der Waals surface area (Å²) in [6.07, 6.45) is -0.0137. The molecule has 2 rings (SSSR count). The fraction of sp³-hybridized carbons (Fsp3) is 0.250. The van der Waals surface area contributed by atoms with Crippen LogP contribution in [0.15, 0.2) is 40.9 Å². The average molecular weight is 359 g/mol. The van der Waals surface area contributed by atoms with Crippen molar-refractivity contribution in [2.24, 2.45) is 0 Å². The van der Waals surface area contributed by atoms with Gasteiger partial charge in [-0.15, -0.1) is 0 Å². The maximum absolute atomic E-state index is 13.9. The van der Waals surface area contributed by atoms with Gasteiger partial charge in [-0.1, -0.05) is 12.1 Å². The Morgan fingerprint density at radius 1 is 1.00 bits per heavy atom. The zero-order valence-electron chi connectivity index (χ0n) is 11.3. The monoisotopic (exact) mass is 358 g/mol. The largest absolute Gasteiger partial charge is 0.389 e. The van der Waals surface area contributed by atoms with Gasteiger partial charge in [0.1, 0.15) is 17.5 Å². The lowest BCUT2D eigenvalue weighted by atomic mass is 9.89. The van der Waals surface area contributed by atoms with E-state index < -0.39 is 17.2 Å². The van der Waals surface area contributed by atoms with Crippen LogP contribution in [-0.4, -0.2) is 10.7 Å². The molecule has 112 valence electrons. The molecule has 21 heavy (non-hydrogen) atoms. The minimum absolute atomic E-state index is 0.150. The van der Waals surface area contributed by atoms with Crippen molar-refractivity contribution in [2.75, 3.05) is 0 Å². The highest BCUT2D eigenvalue weighted by Gasteiger charge is 2.26. The van der Waals surface area contributed by atoms with Crippen molar-refractivity contribution in [1.82, 2.24) is 0 Å². The lowest BCUT2D eigenvalue weighted by Crippen LogP contribution is -2.31. The van der Waals surface area contributed by atoms with Crippen LogP contribution < -0.4 is 0 Å². The minimum atomic E-state index is -1.35. The summed E-state index contributed by atoms with van der Waals surface area (Å²) in [7, 11) is 0. The summed E-state index contributed by atoms with van der Waals surface area (Å²) in [6, 6.07) is 8.07. The standard InChI is InChI=1S/C16H14BrF3O/c1-16(21,8-10-2-4-11(18)5-3-10)9-12-14(19)7-6-13(17)15(12)20/h2-7,21H,8-9H2,1H3. The number of aliphatic hydroxyl groups is 1. The van der Waals surface area contributed by atoms with Crippen LogP contribution in [0.5, 0.6) is 0 Å². The fourth-order valence-corrected chi connectivity index (χ4v) is 2.59. The van der Waals surface area contributed by atoms with E-state index in [0.717, 1.165) is 6.07 Å². The van der Waals surface area contributed by atoms with Crippen molar-refractivity contribution in [2.45, 2.75) is 25.4 Å². The van der Waals surface area contributed by atoms with Gasteiger partial charge >= 0.3 is 0 Å². The first kappa shape index (κ1) is 16.0. The first-order valence-corrected chi connectivity index (χ1v) is 7.17. The molecule has 0 radical (unpaired) electrons. The predicted octanol–water partition coefficient (Wildman–Crippen LogP) is 4.40. The van der Waals surface area contributed by atoms with E-state index in [4.69, 9.17) is 0 Å². The molecule has 0 saturated carbocycles. The first-order chi connectivity index (χ1) is 9.78. The lowest BCUT2D eigenvalue weighted by molar-refractivity contribution is 0.0589. The fourth-order valence-electron chi connectivity index (χ4n) is 2.22. The third-order valence-electron chi connectivity index (χ3n) is 3.19. The quantitative estimate of drug-likeness (QED) is 0.803. The Balaban J connectivity index is 2.21. The molecule has 0 heterocycles. The summed E-state index contributed by atoms with van der Waals surface area (Å²) >= 11 is 3.00. The van der Waals surface area contributed by atoms with Crippen LogP contribution in [0.1, 0.15) is 18.1 Å². The van der Waals surface area contributed by atoms with Gasteiger partial charge in [0, 0.05) is 18.4 Å². The Labute approximate surface area is 129 Å². The van der Waals surface area contributed by atoms with E-state index in [9.17, 15) is 18.3 Å². The van der Waals surface area contributed by atoms with Gasteiger partial charge < -0.3 is 5.11 Å². The molecule has 0 aliphatic heterocycles. The second-order valence-corrected chi connectivity index (χ2v) is 6.15. The Kier molecular flexibility index (Phi) is 4.74. The zero-order valence-corrected chi connectivity index (χ0v) is 12.9. The van der Waals surface area contributed by atoms with Crippen molar-refractivity contribution in [3.05, 3.63) is 69.4 Å². The number of benzene rings is 2. The van der Waals surface area contributed by atoms with E-state index in [0.29, 0.717) is 5.56 Å². The van der Waals surface area contributed by atoms with Crippen molar-refractivity contribution < 1.29 is 18.3 Å². The predicted molar refractivity (Wildman–Crippen MR) is 78.5 cm³/mol. The second-order valence-electron chi connectivity index (χ2n) is 5.30. The maximum Gasteiger partial charge on any atom is 0.143 e. The van der Waals surface area contributed by atoms with Gasteiger partial charge in [0.2, 0.25) is 0 Å². The van der Waals surface area contributed by atoms with E-state index >= 15 is 0 Å². The average Bonchev–Trinajstić information content (AvgIpc) is 2.42. The van der Waals surface area contributed by atoms with Gasteiger partial charge in [-0.05, 0) is 52.7 Å². The van der Waals surface area contributed by atoms with Gasteiger partial charge in [-0.2, -0.15) is 0 Å². The number of hydrogen-bond donors (Lipinski definition) is 1. The van der Waals surface area contributed by atoms with Gasteiger partial charge in [0.15, 0.2) is 0 Å². The van der Waals surface area contributed by atoms with Crippen LogP contribution in [0, 0.1) is 17.5 Å². The molecule has 0 aliphatic carbocycles. The van der Waals surface area contributed by atoms with Gasteiger partial charge in [0.05, 0.1) is 10.1 Å². The van der Waals surface area contributed by atoms with E-state index in [2.05, 4.69) is 15.9 Å². The van der Waals surface area contributed by atoms with Crippen LogP contribution in [-0.2, 0) is 12.8 Å². The maximum atomic E-state index is 13.9. The molecule has 1 atom stereocenters. The molecule has 0 amide bonds. The third kappa shape index (κ3) is 4.08. The molecule has 1 N–H and O–H groups in total. The summed E-state index contributed by atoms with van der Waals surface area (Å²) in [5.74, 6) is -1.79. The van der Waals surface area contributed by atoms with E-state index in [1.807, 2.05) is 0 Å². The summed E-state index contributed by atoms with van der Waals surface area (Å²) < 4.78 is 40.7. The zero-order chi connectivity index (χ0) is 15.6. The van der Waals surface area contributed by atoms with Crippen molar-refractivity contribution >= 4 is 15.9 Å². The summed E-state index contributed by atoms with van der Waals surface area (Å²) in [5.41, 5.74) is -0.825. The highest BCUT2D eigenvalue weighted by molar-refractivity contribution is 9.10. The molecule has 0 saturated heterocycles. The van der Waals surface area contributed by atoms with Crippen LogP contribution in [0.25, 0.3) is 0 Å². The highest BCUT2D eigenvalue weighted by Crippen LogP contribution is 2.27. The van der Waals surface area contributed by atoms with E-state index in [1.54, 1.807) is 0 Å². The van der Waals surface area contributed by atoms with Crippen LogP contribution in [0.3, 0.4) is 0 Å². The molecule has 0 bridgehead atoms. The molecule has 1 nitrogen and oxygen atoms in total. The summed E-state index contributed by atoms with van der Waals surface area (Å²) in [6.45, 7) is 1.50. The number of hydrogen-bond acceptors (Lipinski definition) is 1. The van der Waals surface area contributed by atoms with Crippen molar-refractivity contribution in [3.8, 4) is 0 Å². The third-order valence-corrected chi connectivity index (χ3v) is 3.81. The molecule has 0 fully saturated rings. The Morgan fingerprint density at radius 2 is 1.62 bits per heavy atom. The normalized spacial score (nSPS) is 14.0. The Morgan fingerprint density at radius 3 is 2.24 bits per heavy atom. The van der Waals surface area contributed by atoms with Crippen LogP contribution >= 0.6 is 15.9 Å². The van der Waals surface area contributed by atoms with Gasteiger partial charge in [0.25, 0.3) is 0 Å². The van der Waals surface area contributed by atoms with Crippen LogP contribution in [0.2, 0.25) is 0 Å². The SMILES string of the molecule is CC(O)(Cc1ccc(F)cc1)Cc1c(F)ccc(Br)c1F. The highest BCUT2D eigenvalue weighted by atomic mass is 79.9. The molecule has 5 heteroatoms. The van der Waals surface area contributed by atoms with Crippen LogP contribution in [0.4, 0.5) is 13.2 Å². The first-order valence-electron chi connectivity index (χ1n) is 6.38. The van der Waals surface area contributed by atoms with E-state index in [-0.39, 0.29) is 28.7 Å². The lowest BCUT2D eigenvalue weighted by Gasteiger charge is -2.24. The summed E-state index contributed by atoms with van der Waals surface area (Å²) in [5, 5.41) is 10.4. The minimum Gasteiger partial charge on any atom is -0.389 e. The molecule has 1 unspecified atom stereocenters. The topological polar surface area (TPSA) is 20.2 Å². The molecule has 0 aromatic heterocycles. The molecule has 0 aliphatic rings. The molecule has 2 aromatic carbocycles. The molecular weight excluding hydrogens is 345 g/mol. The Hall–Kier alpha value is -1.33. The number of rotatable bonds is 4. The molecule has 2 aromatic rings. The van der Waals surface area contributed by atoms with Gasteiger partial charge in [-0.25, -0.2) is 13.2 Å². The number of halogens is 4. The molecule has 0 spiro atoms. The smallest absolute Gasteiger partial charge is 0.143 e. The van der Waals surface area contributed by atoms with Crippen molar-refractivity contribution in [1.29, 1.82) is 0 Å². The van der Waals surface area contributed by atoms with E-state index in [1.165, 1.54) is 37.3 Å². The second kappa shape index (κ2) is 6.20. The Bertz CT molecular complexity index is 639.